The summed E-state index contributed by atoms with van der Waals surface area (Å²) in [6, 6.07) is 8.64. The van der Waals surface area contributed by atoms with Crippen molar-refractivity contribution in [3.8, 4) is 0 Å². The Bertz CT molecular complexity index is 529. The van der Waals surface area contributed by atoms with E-state index >= 15 is 0 Å². The summed E-state index contributed by atoms with van der Waals surface area (Å²) in [4.78, 5) is 0. The van der Waals surface area contributed by atoms with Crippen LogP contribution in [0.1, 0.15) is 43.8 Å². The molecule has 0 saturated heterocycles. The Morgan fingerprint density at radius 1 is 1.15 bits per heavy atom. The number of hydrogen-bond donors (Lipinski definition) is 1. The van der Waals surface area contributed by atoms with Crippen LogP contribution >= 0.6 is 0 Å². The number of rotatable bonds is 6. The van der Waals surface area contributed by atoms with E-state index in [1.165, 1.54) is 11.1 Å². The maximum Gasteiger partial charge on any atom is 0.165 e. The van der Waals surface area contributed by atoms with Gasteiger partial charge in [-0.05, 0) is 42.3 Å². The van der Waals surface area contributed by atoms with Gasteiger partial charge in [-0.3, -0.25) is 0 Å². The second kappa shape index (κ2) is 6.61. The van der Waals surface area contributed by atoms with E-state index in [0.29, 0.717) is 12.5 Å². The number of hydrogen-bond acceptors (Lipinski definition) is 4. The highest BCUT2D eigenvalue weighted by atomic mass is 15.6. The number of nitrogens with zero attached hydrogens (tertiary/aromatic N) is 4. The molecule has 1 unspecified atom stereocenters. The highest BCUT2D eigenvalue weighted by molar-refractivity contribution is 5.24. The lowest BCUT2D eigenvalue weighted by Gasteiger charge is -2.14. The summed E-state index contributed by atoms with van der Waals surface area (Å²) in [6.07, 6.45) is 0. The summed E-state index contributed by atoms with van der Waals surface area (Å²) >= 11 is 0. The van der Waals surface area contributed by atoms with Gasteiger partial charge in [0.25, 0.3) is 0 Å². The van der Waals surface area contributed by atoms with Gasteiger partial charge in [0.1, 0.15) is 0 Å². The minimum Gasteiger partial charge on any atom is -0.310 e. The molecule has 0 aliphatic carbocycles. The van der Waals surface area contributed by atoms with Crippen LogP contribution < -0.4 is 5.32 Å². The van der Waals surface area contributed by atoms with Crippen LogP contribution in [0, 0.1) is 12.8 Å². The highest BCUT2D eigenvalue weighted by Gasteiger charge is 2.14. The Morgan fingerprint density at radius 2 is 1.85 bits per heavy atom. The zero-order valence-electron chi connectivity index (χ0n) is 12.7. The van der Waals surface area contributed by atoms with Gasteiger partial charge in [-0.15, -0.1) is 5.10 Å². The van der Waals surface area contributed by atoms with E-state index in [1.807, 2.05) is 4.68 Å². The lowest BCUT2D eigenvalue weighted by molar-refractivity contribution is 0.488. The Kier molecular flexibility index (Phi) is 4.84. The van der Waals surface area contributed by atoms with Crippen molar-refractivity contribution >= 4 is 0 Å². The third-order valence-electron chi connectivity index (χ3n) is 3.32. The third-order valence-corrected chi connectivity index (χ3v) is 3.32. The summed E-state index contributed by atoms with van der Waals surface area (Å²) in [6.45, 7) is 10.2. The summed E-state index contributed by atoms with van der Waals surface area (Å²) in [5.74, 6) is 1.49. The van der Waals surface area contributed by atoms with E-state index in [4.69, 9.17) is 0 Å². The molecule has 0 radical (unpaired) electrons. The number of benzene rings is 1. The summed E-state index contributed by atoms with van der Waals surface area (Å²) < 4.78 is 1.89. The minimum atomic E-state index is 0.140. The van der Waals surface area contributed by atoms with E-state index in [9.17, 15) is 0 Å². The molecule has 2 rings (SSSR count). The molecule has 108 valence electrons. The fourth-order valence-electron chi connectivity index (χ4n) is 2.09. The molecule has 1 aromatic carbocycles. The number of aromatic nitrogens is 4. The molecule has 1 N–H and O–H groups in total. The highest BCUT2D eigenvalue weighted by Crippen LogP contribution is 2.18. The van der Waals surface area contributed by atoms with Gasteiger partial charge in [0.2, 0.25) is 0 Å². The molecule has 1 aromatic heterocycles. The summed E-state index contributed by atoms with van der Waals surface area (Å²) in [7, 11) is 0. The average molecular weight is 273 g/mol. The van der Waals surface area contributed by atoms with E-state index in [-0.39, 0.29) is 6.04 Å². The van der Waals surface area contributed by atoms with Gasteiger partial charge in [0.05, 0.1) is 12.6 Å². The molecule has 5 heteroatoms. The van der Waals surface area contributed by atoms with E-state index in [0.717, 1.165) is 12.4 Å². The number of nitrogens with one attached hydrogen (secondary N) is 1. The van der Waals surface area contributed by atoms with E-state index in [1.54, 1.807) is 0 Å². The van der Waals surface area contributed by atoms with Crippen molar-refractivity contribution in [3.63, 3.8) is 0 Å². The SMILES string of the molecule is Cc1ccc(C(C)n2nnnc2CNCC(C)C)cc1. The molecule has 0 spiro atoms. The predicted octanol–water partition coefficient (Wildman–Crippen LogP) is 2.34. The maximum atomic E-state index is 4.13. The third kappa shape index (κ3) is 3.63. The quantitative estimate of drug-likeness (QED) is 0.877. The Morgan fingerprint density at radius 3 is 2.50 bits per heavy atom. The van der Waals surface area contributed by atoms with Crippen molar-refractivity contribution in [1.82, 2.24) is 25.5 Å². The topological polar surface area (TPSA) is 55.6 Å². The lowest BCUT2D eigenvalue weighted by atomic mass is 10.1. The molecule has 0 saturated carbocycles. The van der Waals surface area contributed by atoms with Crippen LogP contribution in [0.25, 0.3) is 0 Å². The Hall–Kier alpha value is -1.75. The second-order valence-electron chi connectivity index (χ2n) is 5.65. The van der Waals surface area contributed by atoms with Crippen molar-refractivity contribution in [2.24, 2.45) is 5.92 Å². The second-order valence-corrected chi connectivity index (χ2v) is 5.65. The monoisotopic (exact) mass is 273 g/mol. The smallest absolute Gasteiger partial charge is 0.165 e. The fraction of sp³-hybridized carbons (Fsp3) is 0.533. The van der Waals surface area contributed by atoms with Crippen molar-refractivity contribution in [2.45, 2.75) is 40.3 Å². The number of tetrazole rings is 1. The first-order chi connectivity index (χ1) is 9.58. The molecule has 1 heterocycles. The van der Waals surface area contributed by atoms with Crippen LogP contribution in [0.4, 0.5) is 0 Å². The Balaban J connectivity index is 2.08. The minimum absolute atomic E-state index is 0.140. The molecule has 5 nitrogen and oxygen atoms in total. The zero-order chi connectivity index (χ0) is 14.5. The lowest BCUT2D eigenvalue weighted by Crippen LogP contribution is -2.23. The molecular weight excluding hydrogens is 250 g/mol. The van der Waals surface area contributed by atoms with Crippen LogP contribution in [0.3, 0.4) is 0 Å². The molecule has 0 bridgehead atoms. The van der Waals surface area contributed by atoms with Gasteiger partial charge in [-0.25, -0.2) is 4.68 Å². The van der Waals surface area contributed by atoms with Crippen LogP contribution in [-0.2, 0) is 6.54 Å². The molecule has 0 aliphatic heterocycles. The van der Waals surface area contributed by atoms with Crippen molar-refractivity contribution in [1.29, 1.82) is 0 Å². The van der Waals surface area contributed by atoms with E-state index in [2.05, 4.69) is 72.8 Å². The first-order valence-electron chi connectivity index (χ1n) is 7.12. The van der Waals surface area contributed by atoms with E-state index < -0.39 is 0 Å². The van der Waals surface area contributed by atoms with Gasteiger partial charge in [-0.1, -0.05) is 43.7 Å². The molecule has 2 aromatic rings. The standard InChI is InChI=1S/C15H23N5/c1-11(2)9-16-10-15-17-18-19-20(15)13(4)14-7-5-12(3)6-8-14/h5-8,11,13,16H,9-10H2,1-4H3. The van der Waals surface area contributed by atoms with Crippen molar-refractivity contribution in [3.05, 3.63) is 41.2 Å². The van der Waals surface area contributed by atoms with Gasteiger partial charge in [0, 0.05) is 0 Å². The maximum absolute atomic E-state index is 4.13. The zero-order valence-corrected chi connectivity index (χ0v) is 12.7. The number of aryl methyl sites for hydroxylation is 1. The van der Waals surface area contributed by atoms with Gasteiger partial charge >= 0.3 is 0 Å². The van der Waals surface area contributed by atoms with Crippen LogP contribution in [0.2, 0.25) is 0 Å². The largest absolute Gasteiger partial charge is 0.310 e. The molecule has 20 heavy (non-hydrogen) atoms. The molecular formula is C15H23N5. The predicted molar refractivity (Wildman–Crippen MR) is 79.4 cm³/mol. The van der Waals surface area contributed by atoms with Gasteiger partial charge in [-0.2, -0.15) is 0 Å². The van der Waals surface area contributed by atoms with Gasteiger partial charge < -0.3 is 5.32 Å². The first-order valence-corrected chi connectivity index (χ1v) is 7.12. The first kappa shape index (κ1) is 14.7. The molecule has 1 atom stereocenters. The molecule has 0 amide bonds. The Labute approximate surface area is 120 Å². The van der Waals surface area contributed by atoms with Gasteiger partial charge in [0.15, 0.2) is 5.82 Å². The summed E-state index contributed by atoms with van der Waals surface area (Å²) in [5, 5.41) is 15.4. The molecule has 0 fully saturated rings. The van der Waals surface area contributed by atoms with Crippen LogP contribution in [-0.4, -0.2) is 26.8 Å². The summed E-state index contributed by atoms with van der Waals surface area (Å²) in [5.41, 5.74) is 2.48. The fourth-order valence-corrected chi connectivity index (χ4v) is 2.09. The normalized spacial score (nSPS) is 12.8. The van der Waals surface area contributed by atoms with Crippen molar-refractivity contribution < 1.29 is 0 Å². The van der Waals surface area contributed by atoms with Crippen LogP contribution in [0.15, 0.2) is 24.3 Å². The van der Waals surface area contributed by atoms with Crippen LogP contribution in [0.5, 0.6) is 0 Å². The van der Waals surface area contributed by atoms with Crippen molar-refractivity contribution in [2.75, 3.05) is 6.54 Å². The molecule has 0 aliphatic rings. The average Bonchev–Trinajstić information content (AvgIpc) is 2.87.